The molecule has 1 amide bonds. The molecule has 0 aromatic heterocycles. The first-order chi connectivity index (χ1) is 9.58. The summed E-state index contributed by atoms with van der Waals surface area (Å²) in [5, 5.41) is 18.6. The molecule has 0 bridgehead atoms. The molecular formula is C15H25NO4. The molecule has 1 aliphatic carbocycles. The van der Waals surface area contributed by atoms with Crippen molar-refractivity contribution in [3.8, 4) is 0 Å². The highest BCUT2D eigenvalue weighted by Gasteiger charge is 2.38. The van der Waals surface area contributed by atoms with Crippen LogP contribution in [-0.2, 0) is 9.59 Å². The van der Waals surface area contributed by atoms with Crippen LogP contribution >= 0.6 is 0 Å². The number of aliphatic hydroxyl groups excluding tert-OH is 1. The maximum atomic E-state index is 12.1. The minimum Gasteiger partial charge on any atom is -0.480 e. The predicted molar refractivity (Wildman–Crippen MR) is 74.2 cm³/mol. The first-order valence-electron chi connectivity index (χ1n) is 7.78. The molecule has 20 heavy (non-hydrogen) atoms. The van der Waals surface area contributed by atoms with Crippen molar-refractivity contribution in [1.29, 1.82) is 0 Å². The zero-order valence-electron chi connectivity index (χ0n) is 12.0. The lowest BCUT2D eigenvalue weighted by atomic mass is 9.86. The summed E-state index contributed by atoms with van der Waals surface area (Å²) in [6, 6.07) is -0.841. The Morgan fingerprint density at radius 1 is 1.15 bits per heavy atom. The van der Waals surface area contributed by atoms with Gasteiger partial charge in [-0.15, -0.1) is 0 Å². The Balaban J connectivity index is 1.74. The van der Waals surface area contributed by atoms with Crippen LogP contribution < -0.4 is 0 Å². The van der Waals surface area contributed by atoms with E-state index in [-0.39, 0.29) is 18.9 Å². The number of carbonyl (C=O) groups is 2. The van der Waals surface area contributed by atoms with Gasteiger partial charge >= 0.3 is 5.97 Å². The van der Waals surface area contributed by atoms with Crippen molar-refractivity contribution >= 4 is 11.9 Å². The highest BCUT2D eigenvalue weighted by atomic mass is 16.4. The van der Waals surface area contributed by atoms with E-state index in [1.807, 2.05) is 0 Å². The highest BCUT2D eigenvalue weighted by Crippen LogP contribution is 2.28. The van der Waals surface area contributed by atoms with Gasteiger partial charge < -0.3 is 15.1 Å². The molecule has 2 fully saturated rings. The Morgan fingerprint density at radius 3 is 2.50 bits per heavy atom. The van der Waals surface area contributed by atoms with E-state index in [0.717, 1.165) is 18.8 Å². The summed E-state index contributed by atoms with van der Waals surface area (Å²) >= 11 is 0. The molecule has 5 nitrogen and oxygen atoms in total. The second kappa shape index (κ2) is 7.07. The van der Waals surface area contributed by atoms with Gasteiger partial charge in [0.1, 0.15) is 6.04 Å². The number of β-amino-alcohol motifs (C(OH)–C–C–N with tert-alkyl or cyclic N) is 1. The van der Waals surface area contributed by atoms with Gasteiger partial charge in [-0.2, -0.15) is 0 Å². The molecule has 0 aromatic rings. The molecule has 1 aliphatic heterocycles. The number of nitrogens with zero attached hydrogens (tertiary/aromatic N) is 1. The number of rotatable bonds is 5. The van der Waals surface area contributed by atoms with Gasteiger partial charge in [-0.3, -0.25) is 4.79 Å². The number of amides is 1. The van der Waals surface area contributed by atoms with Crippen LogP contribution in [0.15, 0.2) is 0 Å². The zero-order chi connectivity index (χ0) is 14.5. The first-order valence-corrected chi connectivity index (χ1v) is 7.78. The van der Waals surface area contributed by atoms with Crippen LogP contribution in [0.3, 0.4) is 0 Å². The molecule has 2 aliphatic rings. The minimum atomic E-state index is -1.01. The van der Waals surface area contributed by atoms with Gasteiger partial charge in [0.15, 0.2) is 0 Å². The number of carboxylic acid groups (broad SMARTS) is 1. The fourth-order valence-corrected chi connectivity index (χ4v) is 3.48. The van der Waals surface area contributed by atoms with E-state index in [1.165, 1.54) is 37.0 Å². The maximum absolute atomic E-state index is 12.1. The van der Waals surface area contributed by atoms with Crippen molar-refractivity contribution in [2.45, 2.75) is 69.9 Å². The molecule has 0 unspecified atom stereocenters. The summed E-state index contributed by atoms with van der Waals surface area (Å²) in [6.45, 7) is 0.166. The lowest BCUT2D eigenvalue weighted by Gasteiger charge is -2.23. The first kappa shape index (κ1) is 15.3. The third kappa shape index (κ3) is 3.95. The standard InChI is InChI=1S/C15H25NO4/c17-12-9-13(15(19)20)16(10-12)14(18)8-4-7-11-5-2-1-3-6-11/h11-13,17H,1-10H2,(H,19,20)/t12-,13-/m1/s1. The van der Waals surface area contributed by atoms with E-state index in [2.05, 4.69) is 0 Å². The molecule has 0 aromatic carbocycles. The number of hydrogen-bond donors (Lipinski definition) is 2. The van der Waals surface area contributed by atoms with Crippen molar-refractivity contribution in [3.63, 3.8) is 0 Å². The molecule has 0 spiro atoms. The van der Waals surface area contributed by atoms with Gasteiger partial charge in [-0.1, -0.05) is 32.1 Å². The van der Waals surface area contributed by atoms with Crippen molar-refractivity contribution in [2.75, 3.05) is 6.54 Å². The van der Waals surface area contributed by atoms with Crippen LogP contribution in [0, 0.1) is 5.92 Å². The van der Waals surface area contributed by atoms with Crippen LogP contribution in [0.1, 0.15) is 57.8 Å². The number of likely N-dealkylation sites (tertiary alicyclic amines) is 1. The zero-order valence-corrected chi connectivity index (χ0v) is 12.0. The average Bonchev–Trinajstić information content (AvgIpc) is 2.82. The minimum absolute atomic E-state index is 0.121. The number of carbonyl (C=O) groups excluding carboxylic acids is 1. The van der Waals surface area contributed by atoms with E-state index in [9.17, 15) is 14.7 Å². The van der Waals surface area contributed by atoms with Gasteiger partial charge in [-0.05, 0) is 18.8 Å². The Bertz CT molecular complexity index is 352. The van der Waals surface area contributed by atoms with Gasteiger partial charge in [0.05, 0.1) is 6.10 Å². The smallest absolute Gasteiger partial charge is 0.326 e. The summed E-state index contributed by atoms with van der Waals surface area (Å²) in [7, 11) is 0. The van der Waals surface area contributed by atoms with Crippen molar-refractivity contribution < 1.29 is 19.8 Å². The van der Waals surface area contributed by atoms with Gasteiger partial charge in [0.25, 0.3) is 0 Å². The predicted octanol–water partition coefficient (Wildman–Crippen LogP) is 1.78. The molecule has 1 heterocycles. The van der Waals surface area contributed by atoms with Crippen molar-refractivity contribution in [2.24, 2.45) is 5.92 Å². The van der Waals surface area contributed by atoms with Gasteiger partial charge in [0.2, 0.25) is 5.91 Å². The van der Waals surface area contributed by atoms with Crippen molar-refractivity contribution in [3.05, 3.63) is 0 Å². The third-order valence-corrected chi connectivity index (χ3v) is 4.61. The van der Waals surface area contributed by atoms with Crippen LogP contribution in [0.2, 0.25) is 0 Å². The fraction of sp³-hybridized carbons (Fsp3) is 0.867. The molecule has 1 saturated heterocycles. The monoisotopic (exact) mass is 283 g/mol. The second-order valence-electron chi connectivity index (χ2n) is 6.19. The highest BCUT2D eigenvalue weighted by molar-refractivity contribution is 5.84. The average molecular weight is 283 g/mol. The van der Waals surface area contributed by atoms with E-state index in [1.54, 1.807) is 0 Å². The summed E-state index contributed by atoms with van der Waals surface area (Å²) < 4.78 is 0. The molecular weight excluding hydrogens is 258 g/mol. The fourth-order valence-electron chi connectivity index (χ4n) is 3.48. The molecule has 1 saturated carbocycles. The molecule has 114 valence electrons. The van der Waals surface area contributed by atoms with E-state index in [4.69, 9.17) is 5.11 Å². The lowest BCUT2D eigenvalue weighted by molar-refractivity contribution is -0.148. The Kier molecular flexibility index (Phi) is 5.40. The second-order valence-corrected chi connectivity index (χ2v) is 6.19. The molecule has 0 radical (unpaired) electrons. The van der Waals surface area contributed by atoms with E-state index in [0.29, 0.717) is 6.42 Å². The SMILES string of the molecule is O=C(O)[C@H]1C[C@@H](O)CN1C(=O)CCCC1CCCCC1. The molecule has 2 N–H and O–H groups in total. The summed E-state index contributed by atoms with van der Waals surface area (Å²) in [5.74, 6) is -0.386. The normalized spacial score (nSPS) is 27.8. The largest absolute Gasteiger partial charge is 0.480 e. The molecule has 5 heteroatoms. The number of hydrogen-bond acceptors (Lipinski definition) is 3. The van der Waals surface area contributed by atoms with Gasteiger partial charge in [0, 0.05) is 19.4 Å². The Labute approximate surface area is 120 Å². The van der Waals surface area contributed by atoms with Gasteiger partial charge in [-0.25, -0.2) is 4.79 Å². The Hall–Kier alpha value is -1.10. The van der Waals surface area contributed by atoms with E-state index >= 15 is 0 Å². The summed E-state index contributed by atoms with van der Waals surface area (Å²) in [6.07, 6.45) is 8.26. The quantitative estimate of drug-likeness (QED) is 0.806. The molecule has 2 atom stereocenters. The third-order valence-electron chi connectivity index (χ3n) is 4.61. The maximum Gasteiger partial charge on any atom is 0.326 e. The number of carboxylic acids is 1. The van der Waals surface area contributed by atoms with E-state index < -0.39 is 18.1 Å². The number of aliphatic carboxylic acids is 1. The summed E-state index contributed by atoms with van der Waals surface area (Å²) in [4.78, 5) is 24.5. The lowest BCUT2D eigenvalue weighted by Crippen LogP contribution is -2.40. The van der Waals surface area contributed by atoms with Crippen LogP contribution in [0.5, 0.6) is 0 Å². The summed E-state index contributed by atoms with van der Waals surface area (Å²) in [5.41, 5.74) is 0. The Morgan fingerprint density at radius 2 is 1.85 bits per heavy atom. The molecule has 2 rings (SSSR count). The van der Waals surface area contributed by atoms with Crippen LogP contribution in [0.25, 0.3) is 0 Å². The van der Waals surface area contributed by atoms with Crippen molar-refractivity contribution in [1.82, 2.24) is 4.90 Å². The number of aliphatic hydroxyl groups is 1. The van der Waals surface area contributed by atoms with Crippen LogP contribution in [0.4, 0.5) is 0 Å². The van der Waals surface area contributed by atoms with Crippen LogP contribution in [-0.4, -0.2) is 45.7 Å². The topological polar surface area (TPSA) is 77.8 Å².